The fraction of sp³-hybridized carbons (Fsp3) is 0.364. The minimum atomic E-state index is 0.535. The van der Waals surface area contributed by atoms with Crippen molar-refractivity contribution in [3.05, 3.63) is 57.6 Å². The van der Waals surface area contributed by atoms with E-state index < -0.39 is 0 Å². The zero-order chi connectivity index (χ0) is 20.3. The van der Waals surface area contributed by atoms with E-state index in [2.05, 4.69) is 54.2 Å². The standard InChI is InChI=1S/C22H26ClN3OS/c1-6-26(5)10-9-17-11-16(4)20(12-15(17)3)27-22-24-21(25-28-22)18-8-7-14(2)19(23)13-18/h7-8,11-13H,6,9-10H2,1-5H3. The molecule has 0 aliphatic heterocycles. The summed E-state index contributed by atoms with van der Waals surface area (Å²) < 4.78 is 10.5. The molecule has 0 amide bonds. The number of likely N-dealkylation sites (N-methyl/N-ethyl adjacent to an activating group) is 1. The smallest absolute Gasteiger partial charge is 0.299 e. The second kappa shape index (κ2) is 9.03. The molecule has 3 rings (SSSR count). The van der Waals surface area contributed by atoms with Crippen molar-refractivity contribution < 1.29 is 4.74 Å². The Morgan fingerprint density at radius 1 is 1.07 bits per heavy atom. The summed E-state index contributed by atoms with van der Waals surface area (Å²) in [5.41, 5.74) is 5.63. The Kier molecular flexibility index (Phi) is 6.70. The minimum Gasteiger partial charge on any atom is -0.430 e. The van der Waals surface area contributed by atoms with E-state index in [4.69, 9.17) is 16.3 Å². The van der Waals surface area contributed by atoms with Crippen LogP contribution in [0.1, 0.15) is 29.2 Å². The number of aryl methyl sites for hydroxylation is 3. The highest BCUT2D eigenvalue weighted by molar-refractivity contribution is 7.07. The largest absolute Gasteiger partial charge is 0.430 e. The molecule has 0 radical (unpaired) electrons. The van der Waals surface area contributed by atoms with Crippen molar-refractivity contribution in [1.29, 1.82) is 0 Å². The summed E-state index contributed by atoms with van der Waals surface area (Å²) in [7, 11) is 2.15. The third-order valence-electron chi connectivity index (χ3n) is 4.97. The Balaban J connectivity index is 1.76. The minimum absolute atomic E-state index is 0.535. The van der Waals surface area contributed by atoms with E-state index in [1.165, 1.54) is 22.7 Å². The number of ether oxygens (including phenoxy) is 1. The van der Waals surface area contributed by atoms with Crippen LogP contribution >= 0.6 is 23.1 Å². The molecule has 0 saturated carbocycles. The van der Waals surface area contributed by atoms with Gasteiger partial charge in [0.1, 0.15) is 5.75 Å². The lowest BCUT2D eigenvalue weighted by molar-refractivity contribution is 0.357. The van der Waals surface area contributed by atoms with Crippen molar-refractivity contribution in [1.82, 2.24) is 14.3 Å². The third-order valence-corrected chi connectivity index (χ3v) is 5.97. The van der Waals surface area contributed by atoms with Gasteiger partial charge in [-0.1, -0.05) is 36.7 Å². The molecule has 0 atom stereocenters. The molecule has 6 heteroatoms. The predicted molar refractivity (Wildman–Crippen MR) is 118 cm³/mol. The average Bonchev–Trinajstić information content (AvgIpc) is 3.13. The van der Waals surface area contributed by atoms with Gasteiger partial charge in [-0.25, -0.2) is 0 Å². The van der Waals surface area contributed by atoms with Gasteiger partial charge in [0.05, 0.1) is 0 Å². The first-order chi connectivity index (χ1) is 13.4. The van der Waals surface area contributed by atoms with E-state index in [1.807, 2.05) is 25.1 Å². The first-order valence-electron chi connectivity index (χ1n) is 9.44. The van der Waals surface area contributed by atoms with Crippen molar-refractivity contribution >= 4 is 23.1 Å². The first kappa shape index (κ1) is 20.8. The Morgan fingerprint density at radius 2 is 1.86 bits per heavy atom. The predicted octanol–water partition coefficient (Wildman–Crippen LogP) is 6.07. The van der Waals surface area contributed by atoms with Crippen molar-refractivity contribution in [2.24, 2.45) is 0 Å². The van der Waals surface area contributed by atoms with Gasteiger partial charge in [0.25, 0.3) is 5.19 Å². The summed E-state index contributed by atoms with van der Waals surface area (Å²) in [6.07, 6.45) is 1.04. The number of aromatic nitrogens is 2. The maximum absolute atomic E-state index is 6.22. The van der Waals surface area contributed by atoms with Gasteiger partial charge < -0.3 is 9.64 Å². The van der Waals surface area contributed by atoms with Gasteiger partial charge in [-0.3, -0.25) is 0 Å². The first-order valence-corrected chi connectivity index (χ1v) is 10.6. The Morgan fingerprint density at radius 3 is 2.57 bits per heavy atom. The zero-order valence-corrected chi connectivity index (χ0v) is 18.6. The molecule has 0 saturated heterocycles. The van der Waals surface area contributed by atoms with E-state index in [1.54, 1.807) is 0 Å². The molecule has 2 aromatic carbocycles. The molecule has 1 aromatic heterocycles. The van der Waals surface area contributed by atoms with Gasteiger partial charge in [0.15, 0.2) is 5.82 Å². The van der Waals surface area contributed by atoms with Gasteiger partial charge >= 0.3 is 0 Å². The fourth-order valence-corrected chi connectivity index (χ4v) is 3.64. The number of hydrogen-bond acceptors (Lipinski definition) is 5. The number of rotatable bonds is 7. The molecular weight excluding hydrogens is 390 g/mol. The summed E-state index contributed by atoms with van der Waals surface area (Å²) in [6.45, 7) is 10.5. The van der Waals surface area contributed by atoms with Crippen LogP contribution in [0.15, 0.2) is 30.3 Å². The van der Waals surface area contributed by atoms with E-state index >= 15 is 0 Å². The van der Waals surface area contributed by atoms with Gasteiger partial charge in [-0.15, -0.1) is 0 Å². The maximum Gasteiger partial charge on any atom is 0.299 e. The molecule has 1 heterocycles. The van der Waals surface area contributed by atoms with Crippen LogP contribution in [0.3, 0.4) is 0 Å². The molecule has 3 aromatic rings. The summed E-state index contributed by atoms with van der Waals surface area (Å²) in [6, 6.07) is 10.2. The quantitative estimate of drug-likeness (QED) is 0.469. The van der Waals surface area contributed by atoms with Crippen molar-refractivity contribution in [2.45, 2.75) is 34.1 Å². The van der Waals surface area contributed by atoms with E-state index in [-0.39, 0.29) is 0 Å². The third kappa shape index (κ3) is 4.90. The van der Waals surface area contributed by atoms with Crippen LogP contribution < -0.4 is 4.74 Å². The summed E-state index contributed by atoms with van der Waals surface area (Å²) in [5, 5.41) is 1.25. The normalized spacial score (nSPS) is 11.2. The van der Waals surface area contributed by atoms with Gasteiger partial charge in [-0.05, 0) is 75.2 Å². The van der Waals surface area contributed by atoms with Crippen LogP contribution in [0, 0.1) is 20.8 Å². The zero-order valence-electron chi connectivity index (χ0n) is 17.0. The maximum atomic E-state index is 6.22. The van der Waals surface area contributed by atoms with E-state index in [9.17, 15) is 0 Å². The van der Waals surface area contributed by atoms with Crippen LogP contribution in [-0.4, -0.2) is 34.4 Å². The summed E-state index contributed by atoms with van der Waals surface area (Å²) in [4.78, 5) is 6.85. The number of nitrogens with zero attached hydrogens (tertiary/aromatic N) is 3. The molecule has 4 nitrogen and oxygen atoms in total. The van der Waals surface area contributed by atoms with Gasteiger partial charge in [-0.2, -0.15) is 9.36 Å². The second-order valence-corrected chi connectivity index (χ2v) is 8.26. The SMILES string of the molecule is CCN(C)CCc1cc(C)c(Oc2nc(-c3ccc(C)c(Cl)c3)ns2)cc1C. The molecule has 28 heavy (non-hydrogen) atoms. The average molecular weight is 416 g/mol. The van der Waals surface area contributed by atoms with E-state index in [0.717, 1.165) is 42.0 Å². The molecule has 0 aliphatic carbocycles. The van der Waals surface area contributed by atoms with Crippen molar-refractivity contribution in [3.8, 4) is 22.3 Å². The molecule has 148 valence electrons. The number of hydrogen-bond donors (Lipinski definition) is 0. The van der Waals surface area contributed by atoms with Gasteiger partial charge in [0.2, 0.25) is 0 Å². The molecule has 0 unspecified atom stereocenters. The lowest BCUT2D eigenvalue weighted by atomic mass is 10.0. The second-order valence-electron chi connectivity index (χ2n) is 7.14. The topological polar surface area (TPSA) is 38.2 Å². The fourth-order valence-electron chi connectivity index (χ4n) is 2.89. The van der Waals surface area contributed by atoms with Crippen LogP contribution in [-0.2, 0) is 6.42 Å². The highest BCUT2D eigenvalue weighted by atomic mass is 35.5. The number of benzene rings is 2. The van der Waals surface area contributed by atoms with Crippen molar-refractivity contribution in [3.63, 3.8) is 0 Å². The Bertz CT molecular complexity index is 970. The monoisotopic (exact) mass is 415 g/mol. The summed E-state index contributed by atoms with van der Waals surface area (Å²) in [5.74, 6) is 1.46. The van der Waals surface area contributed by atoms with Crippen LogP contribution in [0.4, 0.5) is 0 Å². The lowest BCUT2D eigenvalue weighted by Crippen LogP contribution is -2.20. The van der Waals surface area contributed by atoms with Crippen LogP contribution in [0.25, 0.3) is 11.4 Å². The molecular formula is C22H26ClN3OS. The Labute approximate surface area is 176 Å². The molecule has 0 bridgehead atoms. The van der Waals surface area contributed by atoms with Crippen LogP contribution in [0.5, 0.6) is 10.9 Å². The Hall–Kier alpha value is -1.95. The molecule has 0 spiro atoms. The summed E-state index contributed by atoms with van der Waals surface area (Å²) >= 11 is 7.47. The highest BCUT2D eigenvalue weighted by Gasteiger charge is 2.12. The van der Waals surface area contributed by atoms with Crippen LogP contribution in [0.2, 0.25) is 5.02 Å². The lowest BCUT2D eigenvalue weighted by Gasteiger charge is -2.16. The van der Waals surface area contributed by atoms with Gasteiger partial charge in [0, 0.05) is 28.7 Å². The highest BCUT2D eigenvalue weighted by Crippen LogP contribution is 2.32. The molecule has 0 fully saturated rings. The van der Waals surface area contributed by atoms with Crippen molar-refractivity contribution in [2.75, 3.05) is 20.1 Å². The molecule has 0 aliphatic rings. The van der Waals surface area contributed by atoms with E-state index in [0.29, 0.717) is 16.0 Å². The molecule has 0 N–H and O–H groups in total. The number of halogens is 1.